The van der Waals surface area contributed by atoms with Crippen LogP contribution < -0.4 is 10.2 Å². The van der Waals surface area contributed by atoms with Gasteiger partial charge in [0.15, 0.2) is 5.13 Å². The van der Waals surface area contributed by atoms with Crippen molar-refractivity contribution >= 4 is 16.5 Å². The molecule has 0 spiro atoms. The molecule has 1 aliphatic heterocycles. The molecule has 2 heterocycles. The van der Waals surface area contributed by atoms with Gasteiger partial charge >= 0.3 is 0 Å². The van der Waals surface area contributed by atoms with Crippen LogP contribution in [0.4, 0.5) is 5.13 Å². The van der Waals surface area contributed by atoms with Crippen LogP contribution in [0.25, 0.3) is 0 Å². The molecule has 2 rings (SSSR count). The second kappa shape index (κ2) is 4.28. The van der Waals surface area contributed by atoms with Crippen molar-refractivity contribution in [2.24, 2.45) is 0 Å². The summed E-state index contributed by atoms with van der Waals surface area (Å²) in [7, 11) is 2.05. The van der Waals surface area contributed by atoms with Crippen molar-refractivity contribution in [3.8, 4) is 0 Å². The van der Waals surface area contributed by atoms with E-state index in [2.05, 4.69) is 29.2 Å². The van der Waals surface area contributed by atoms with E-state index in [0.717, 1.165) is 6.54 Å². The van der Waals surface area contributed by atoms with Gasteiger partial charge in [-0.15, -0.1) is 11.3 Å². The SMILES string of the molecule is CNC1CCN(c2nccs2)C(C)C1. The maximum absolute atomic E-state index is 4.37. The minimum atomic E-state index is 0.604. The van der Waals surface area contributed by atoms with Gasteiger partial charge in [0.1, 0.15) is 0 Å². The predicted molar refractivity (Wildman–Crippen MR) is 61.0 cm³/mol. The minimum absolute atomic E-state index is 0.604. The van der Waals surface area contributed by atoms with Crippen molar-refractivity contribution in [1.82, 2.24) is 10.3 Å². The second-order valence-corrected chi connectivity index (χ2v) is 4.74. The third-order valence-corrected chi connectivity index (χ3v) is 3.76. The van der Waals surface area contributed by atoms with Gasteiger partial charge in [-0.25, -0.2) is 4.98 Å². The zero-order chi connectivity index (χ0) is 9.97. The lowest BCUT2D eigenvalue weighted by Gasteiger charge is -2.37. The summed E-state index contributed by atoms with van der Waals surface area (Å²) in [6, 6.07) is 1.29. The first-order valence-electron chi connectivity index (χ1n) is 5.14. The van der Waals surface area contributed by atoms with Gasteiger partial charge in [0.05, 0.1) is 0 Å². The number of anilines is 1. The molecule has 14 heavy (non-hydrogen) atoms. The average Bonchev–Trinajstić information content (AvgIpc) is 2.70. The van der Waals surface area contributed by atoms with Crippen LogP contribution in [0.5, 0.6) is 0 Å². The summed E-state index contributed by atoms with van der Waals surface area (Å²) < 4.78 is 0. The smallest absolute Gasteiger partial charge is 0.185 e. The first-order valence-corrected chi connectivity index (χ1v) is 6.02. The molecule has 1 N–H and O–H groups in total. The van der Waals surface area contributed by atoms with E-state index in [1.807, 2.05) is 11.6 Å². The lowest BCUT2D eigenvalue weighted by molar-refractivity contribution is 0.387. The van der Waals surface area contributed by atoms with Crippen LogP contribution >= 0.6 is 11.3 Å². The first kappa shape index (κ1) is 9.93. The molecule has 0 amide bonds. The largest absolute Gasteiger partial charge is 0.345 e. The number of thiazole rings is 1. The van der Waals surface area contributed by atoms with Crippen LogP contribution in [0, 0.1) is 0 Å². The minimum Gasteiger partial charge on any atom is -0.345 e. The summed E-state index contributed by atoms with van der Waals surface area (Å²) in [6.45, 7) is 3.41. The van der Waals surface area contributed by atoms with Crippen molar-refractivity contribution < 1.29 is 0 Å². The van der Waals surface area contributed by atoms with E-state index in [-0.39, 0.29) is 0 Å². The number of piperidine rings is 1. The van der Waals surface area contributed by atoms with Crippen LogP contribution in [0.3, 0.4) is 0 Å². The highest BCUT2D eigenvalue weighted by Gasteiger charge is 2.25. The van der Waals surface area contributed by atoms with Crippen LogP contribution in [-0.4, -0.2) is 30.7 Å². The van der Waals surface area contributed by atoms with Gasteiger partial charge in [0.25, 0.3) is 0 Å². The van der Waals surface area contributed by atoms with Crippen LogP contribution in [0.15, 0.2) is 11.6 Å². The monoisotopic (exact) mass is 211 g/mol. The Morgan fingerprint density at radius 1 is 1.64 bits per heavy atom. The average molecular weight is 211 g/mol. The summed E-state index contributed by atoms with van der Waals surface area (Å²) in [4.78, 5) is 6.78. The fourth-order valence-corrected chi connectivity index (χ4v) is 2.85. The molecule has 4 heteroatoms. The van der Waals surface area contributed by atoms with Gasteiger partial charge in [0.2, 0.25) is 0 Å². The van der Waals surface area contributed by atoms with Gasteiger partial charge in [-0.05, 0) is 26.8 Å². The van der Waals surface area contributed by atoms with Crippen molar-refractivity contribution in [1.29, 1.82) is 0 Å². The lowest BCUT2D eigenvalue weighted by atomic mass is 9.99. The maximum Gasteiger partial charge on any atom is 0.185 e. The molecule has 0 aromatic carbocycles. The Labute approximate surface area is 89.1 Å². The molecule has 0 aliphatic carbocycles. The Morgan fingerprint density at radius 2 is 2.50 bits per heavy atom. The van der Waals surface area contributed by atoms with Crippen LogP contribution in [-0.2, 0) is 0 Å². The van der Waals surface area contributed by atoms with E-state index >= 15 is 0 Å². The second-order valence-electron chi connectivity index (χ2n) is 3.87. The zero-order valence-electron chi connectivity index (χ0n) is 8.73. The molecule has 2 unspecified atom stereocenters. The van der Waals surface area contributed by atoms with Crippen molar-refractivity contribution in [2.75, 3.05) is 18.5 Å². The Balaban J connectivity index is 2.02. The molecule has 1 aliphatic rings. The standard InChI is InChI=1S/C10H17N3S/c1-8-7-9(11-2)3-5-13(8)10-12-4-6-14-10/h4,6,8-9,11H,3,5,7H2,1-2H3. The molecule has 1 aromatic heterocycles. The van der Waals surface area contributed by atoms with E-state index in [0.29, 0.717) is 12.1 Å². The molecule has 78 valence electrons. The number of nitrogens with one attached hydrogen (secondary N) is 1. The normalized spacial score (nSPS) is 28.0. The van der Waals surface area contributed by atoms with Gasteiger partial charge in [0, 0.05) is 30.2 Å². The molecular weight excluding hydrogens is 194 g/mol. The Bertz CT molecular complexity index is 273. The Kier molecular flexibility index (Phi) is 3.03. The van der Waals surface area contributed by atoms with Crippen molar-refractivity contribution in [2.45, 2.75) is 31.8 Å². The number of hydrogen-bond donors (Lipinski definition) is 1. The summed E-state index contributed by atoms with van der Waals surface area (Å²) >= 11 is 1.74. The van der Waals surface area contributed by atoms with E-state index in [4.69, 9.17) is 0 Å². The number of hydrogen-bond acceptors (Lipinski definition) is 4. The molecule has 0 bridgehead atoms. The fraction of sp³-hybridized carbons (Fsp3) is 0.700. The topological polar surface area (TPSA) is 28.2 Å². The summed E-state index contributed by atoms with van der Waals surface area (Å²) in [5.74, 6) is 0. The van der Waals surface area contributed by atoms with E-state index in [1.54, 1.807) is 11.3 Å². The Hall–Kier alpha value is -0.610. The van der Waals surface area contributed by atoms with Gasteiger partial charge in [-0.1, -0.05) is 0 Å². The third kappa shape index (κ3) is 1.91. The molecule has 1 aromatic rings. The van der Waals surface area contributed by atoms with Gasteiger partial charge in [-0.2, -0.15) is 0 Å². The summed E-state index contributed by atoms with van der Waals surface area (Å²) in [5, 5.41) is 6.58. The van der Waals surface area contributed by atoms with Gasteiger partial charge < -0.3 is 10.2 Å². The summed E-state index contributed by atoms with van der Waals surface area (Å²) in [5.41, 5.74) is 0. The predicted octanol–water partition coefficient (Wildman–Crippen LogP) is 1.72. The van der Waals surface area contributed by atoms with Crippen molar-refractivity contribution in [3.05, 3.63) is 11.6 Å². The van der Waals surface area contributed by atoms with Crippen molar-refractivity contribution in [3.63, 3.8) is 0 Å². The molecule has 0 radical (unpaired) electrons. The molecule has 3 nitrogen and oxygen atoms in total. The number of aromatic nitrogens is 1. The molecule has 1 fully saturated rings. The van der Waals surface area contributed by atoms with E-state index in [9.17, 15) is 0 Å². The van der Waals surface area contributed by atoms with Crippen LogP contribution in [0.1, 0.15) is 19.8 Å². The maximum atomic E-state index is 4.37. The van der Waals surface area contributed by atoms with Gasteiger partial charge in [-0.3, -0.25) is 0 Å². The summed E-state index contributed by atoms with van der Waals surface area (Å²) in [6.07, 6.45) is 4.33. The zero-order valence-corrected chi connectivity index (χ0v) is 9.55. The highest BCUT2D eigenvalue weighted by molar-refractivity contribution is 7.13. The van der Waals surface area contributed by atoms with E-state index in [1.165, 1.54) is 18.0 Å². The van der Waals surface area contributed by atoms with E-state index < -0.39 is 0 Å². The number of rotatable bonds is 2. The highest BCUT2D eigenvalue weighted by atomic mass is 32.1. The third-order valence-electron chi connectivity index (χ3n) is 2.95. The fourth-order valence-electron chi connectivity index (χ4n) is 2.08. The quantitative estimate of drug-likeness (QED) is 0.807. The first-order chi connectivity index (χ1) is 6.81. The Morgan fingerprint density at radius 3 is 3.07 bits per heavy atom. The molecule has 1 saturated heterocycles. The lowest BCUT2D eigenvalue weighted by Crippen LogP contribution is -2.46. The molecule has 2 atom stereocenters. The molecular formula is C10H17N3S. The molecule has 0 saturated carbocycles. The van der Waals surface area contributed by atoms with Crippen LogP contribution in [0.2, 0.25) is 0 Å². The number of nitrogens with zero attached hydrogens (tertiary/aromatic N) is 2. The highest BCUT2D eigenvalue weighted by Crippen LogP contribution is 2.26.